The fourth-order valence-corrected chi connectivity index (χ4v) is 4.13. The molecule has 0 spiro atoms. The van der Waals surface area contributed by atoms with E-state index in [1.165, 1.54) is 16.9 Å². The van der Waals surface area contributed by atoms with Gasteiger partial charge < -0.3 is 5.32 Å². The Morgan fingerprint density at radius 2 is 1.64 bits per heavy atom. The number of fused-ring (bicyclic) bond motifs is 1. The Hall–Kier alpha value is -2.31. The molecule has 128 valence electrons. The number of thiazole rings is 1. The SMILES string of the molecule is Cc1cc(C)cc(C(=O)NC(=S)Nc2nc3c(C)cc(C)cc3s2)c1. The lowest BCUT2D eigenvalue weighted by Crippen LogP contribution is -2.34. The number of aryl methyl sites for hydroxylation is 4. The smallest absolute Gasteiger partial charge is 0.257 e. The Kier molecular flexibility index (Phi) is 4.83. The number of carbonyl (C=O) groups is 1. The lowest BCUT2D eigenvalue weighted by Gasteiger charge is -2.08. The average Bonchev–Trinajstić information content (AvgIpc) is 2.88. The number of hydrogen-bond donors (Lipinski definition) is 2. The molecule has 1 heterocycles. The second-order valence-corrected chi connectivity index (χ2v) is 7.67. The van der Waals surface area contributed by atoms with Gasteiger partial charge in [0.05, 0.1) is 10.2 Å². The molecule has 2 aromatic carbocycles. The molecule has 0 saturated heterocycles. The largest absolute Gasteiger partial charge is 0.308 e. The maximum atomic E-state index is 12.4. The van der Waals surface area contributed by atoms with Crippen LogP contribution in [0.15, 0.2) is 30.3 Å². The highest BCUT2D eigenvalue weighted by atomic mass is 32.1. The van der Waals surface area contributed by atoms with Gasteiger partial charge in [0.2, 0.25) is 0 Å². The molecular weight excluding hydrogens is 350 g/mol. The van der Waals surface area contributed by atoms with Crippen LogP contribution in [0.1, 0.15) is 32.6 Å². The van der Waals surface area contributed by atoms with Crippen LogP contribution in [0.4, 0.5) is 5.13 Å². The van der Waals surface area contributed by atoms with Gasteiger partial charge in [-0.2, -0.15) is 0 Å². The Labute approximate surface area is 156 Å². The summed E-state index contributed by atoms with van der Waals surface area (Å²) in [5.74, 6) is -0.225. The first-order chi connectivity index (χ1) is 11.8. The third-order valence-electron chi connectivity index (χ3n) is 3.76. The van der Waals surface area contributed by atoms with E-state index in [0.29, 0.717) is 10.7 Å². The third kappa shape index (κ3) is 4.03. The summed E-state index contributed by atoms with van der Waals surface area (Å²) in [5, 5.41) is 6.66. The van der Waals surface area contributed by atoms with Gasteiger partial charge in [0, 0.05) is 5.56 Å². The monoisotopic (exact) mass is 369 g/mol. The molecule has 3 aromatic rings. The summed E-state index contributed by atoms with van der Waals surface area (Å²) in [4.78, 5) is 16.9. The predicted molar refractivity (Wildman–Crippen MR) is 109 cm³/mol. The lowest BCUT2D eigenvalue weighted by atomic mass is 10.1. The van der Waals surface area contributed by atoms with Crippen molar-refractivity contribution in [2.24, 2.45) is 0 Å². The second kappa shape index (κ2) is 6.90. The minimum atomic E-state index is -0.225. The van der Waals surface area contributed by atoms with Crippen LogP contribution in [0.3, 0.4) is 0 Å². The van der Waals surface area contributed by atoms with Crippen molar-refractivity contribution >= 4 is 49.9 Å². The zero-order chi connectivity index (χ0) is 18.1. The van der Waals surface area contributed by atoms with Crippen LogP contribution in [0.5, 0.6) is 0 Å². The molecule has 0 aliphatic carbocycles. The summed E-state index contributed by atoms with van der Waals surface area (Å²) >= 11 is 6.79. The van der Waals surface area contributed by atoms with Crippen molar-refractivity contribution in [3.05, 3.63) is 58.1 Å². The second-order valence-electron chi connectivity index (χ2n) is 6.23. The van der Waals surface area contributed by atoms with E-state index in [1.54, 1.807) is 0 Å². The Morgan fingerprint density at radius 1 is 1.00 bits per heavy atom. The third-order valence-corrected chi connectivity index (χ3v) is 4.88. The van der Waals surface area contributed by atoms with E-state index in [1.807, 2.05) is 39.0 Å². The van der Waals surface area contributed by atoms with Crippen molar-refractivity contribution in [1.82, 2.24) is 10.3 Å². The molecule has 1 aromatic heterocycles. The van der Waals surface area contributed by atoms with Crippen molar-refractivity contribution in [3.63, 3.8) is 0 Å². The highest BCUT2D eigenvalue weighted by Gasteiger charge is 2.12. The first-order valence-corrected chi connectivity index (χ1v) is 9.13. The standard InChI is InChI=1S/C19H19N3OS2/c1-10-5-11(2)8-14(7-10)17(23)21-18(24)22-19-20-16-13(4)6-12(3)9-15(16)25-19/h5-9H,1-4H3,(H2,20,21,22,23,24). The first kappa shape index (κ1) is 17.5. The minimum absolute atomic E-state index is 0.225. The number of aromatic nitrogens is 1. The fourth-order valence-electron chi connectivity index (χ4n) is 2.83. The zero-order valence-corrected chi connectivity index (χ0v) is 16.2. The number of thiocarbonyl (C=S) groups is 1. The van der Waals surface area contributed by atoms with Gasteiger partial charge in [-0.15, -0.1) is 0 Å². The molecule has 0 aliphatic rings. The Bertz CT molecular complexity index is 971. The molecule has 0 unspecified atom stereocenters. The van der Waals surface area contributed by atoms with Crippen LogP contribution in [0.25, 0.3) is 10.2 Å². The van der Waals surface area contributed by atoms with E-state index >= 15 is 0 Å². The normalized spacial score (nSPS) is 10.7. The predicted octanol–water partition coefficient (Wildman–Crippen LogP) is 4.66. The molecule has 1 amide bonds. The minimum Gasteiger partial charge on any atom is -0.308 e. The van der Waals surface area contributed by atoms with Gasteiger partial charge in [-0.1, -0.05) is 34.6 Å². The number of benzene rings is 2. The maximum absolute atomic E-state index is 12.4. The lowest BCUT2D eigenvalue weighted by molar-refractivity contribution is 0.0977. The number of nitrogens with zero attached hydrogens (tertiary/aromatic N) is 1. The van der Waals surface area contributed by atoms with Gasteiger partial charge in [-0.3, -0.25) is 10.1 Å². The van der Waals surface area contributed by atoms with E-state index in [2.05, 4.69) is 34.7 Å². The molecule has 3 rings (SSSR count). The van der Waals surface area contributed by atoms with E-state index < -0.39 is 0 Å². The molecule has 2 N–H and O–H groups in total. The zero-order valence-electron chi connectivity index (χ0n) is 14.6. The van der Waals surface area contributed by atoms with Crippen LogP contribution in [-0.4, -0.2) is 16.0 Å². The molecule has 0 radical (unpaired) electrons. The summed E-state index contributed by atoms with van der Waals surface area (Å²) in [6.07, 6.45) is 0. The summed E-state index contributed by atoms with van der Waals surface area (Å²) in [6.45, 7) is 8.03. The fraction of sp³-hybridized carbons (Fsp3) is 0.211. The number of rotatable bonds is 2. The number of hydrogen-bond acceptors (Lipinski definition) is 4. The van der Waals surface area contributed by atoms with E-state index in [0.717, 1.165) is 26.9 Å². The number of amides is 1. The maximum Gasteiger partial charge on any atom is 0.257 e. The van der Waals surface area contributed by atoms with Crippen LogP contribution in [-0.2, 0) is 0 Å². The molecule has 0 fully saturated rings. The van der Waals surface area contributed by atoms with Gasteiger partial charge in [-0.25, -0.2) is 4.98 Å². The molecule has 25 heavy (non-hydrogen) atoms. The summed E-state index contributed by atoms with van der Waals surface area (Å²) < 4.78 is 1.10. The number of anilines is 1. The Morgan fingerprint density at radius 3 is 2.32 bits per heavy atom. The summed E-state index contributed by atoms with van der Waals surface area (Å²) in [7, 11) is 0. The van der Waals surface area contributed by atoms with Crippen molar-refractivity contribution in [2.75, 3.05) is 5.32 Å². The first-order valence-electron chi connectivity index (χ1n) is 7.90. The van der Waals surface area contributed by atoms with Crippen molar-refractivity contribution < 1.29 is 4.79 Å². The molecule has 0 bridgehead atoms. The molecule has 4 nitrogen and oxygen atoms in total. The van der Waals surface area contributed by atoms with Crippen LogP contribution in [0, 0.1) is 27.7 Å². The number of carbonyl (C=O) groups excluding carboxylic acids is 1. The highest BCUT2D eigenvalue weighted by Crippen LogP contribution is 2.29. The van der Waals surface area contributed by atoms with Crippen molar-refractivity contribution in [3.8, 4) is 0 Å². The summed E-state index contributed by atoms with van der Waals surface area (Å²) in [5.41, 5.74) is 5.97. The number of nitrogens with one attached hydrogen (secondary N) is 2. The van der Waals surface area contributed by atoms with E-state index in [9.17, 15) is 4.79 Å². The van der Waals surface area contributed by atoms with Crippen molar-refractivity contribution in [2.45, 2.75) is 27.7 Å². The van der Waals surface area contributed by atoms with Gasteiger partial charge in [0.15, 0.2) is 10.2 Å². The van der Waals surface area contributed by atoms with Gasteiger partial charge in [0.25, 0.3) is 5.91 Å². The Balaban J connectivity index is 1.74. The summed E-state index contributed by atoms with van der Waals surface area (Å²) in [6, 6.07) is 9.91. The van der Waals surface area contributed by atoms with Gasteiger partial charge >= 0.3 is 0 Å². The van der Waals surface area contributed by atoms with Gasteiger partial charge in [-0.05, 0) is 69.2 Å². The highest BCUT2D eigenvalue weighted by molar-refractivity contribution is 7.80. The van der Waals surface area contributed by atoms with E-state index in [4.69, 9.17) is 12.2 Å². The molecule has 0 atom stereocenters. The molecule has 0 aliphatic heterocycles. The molecular formula is C19H19N3OS2. The topological polar surface area (TPSA) is 54.0 Å². The van der Waals surface area contributed by atoms with Gasteiger partial charge in [0.1, 0.15) is 0 Å². The quantitative estimate of drug-likeness (QED) is 0.645. The van der Waals surface area contributed by atoms with Crippen LogP contribution >= 0.6 is 23.6 Å². The average molecular weight is 370 g/mol. The van der Waals surface area contributed by atoms with Crippen LogP contribution < -0.4 is 10.6 Å². The molecule has 6 heteroatoms. The molecule has 0 saturated carbocycles. The van der Waals surface area contributed by atoms with E-state index in [-0.39, 0.29) is 11.0 Å². The van der Waals surface area contributed by atoms with Crippen LogP contribution in [0.2, 0.25) is 0 Å². The van der Waals surface area contributed by atoms with Crippen molar-refractivity contribution in [1.29, 1.82) is 0 Å².